The fourth-order valence-corrected chi connectivity index (χ4v) is 1.54. The summed E-state index contributed by atoms with van der Waals surface area (Å²) in [6.45, 7) is 1.46. The third-order valence-corrected chi connectivity index (χ3v) is 2.61. The van der Waals surface area contributed by atoms with Gasteiger partial charge in [-0.2, -0.15) is 0 Å². The van der Waals surface area contributed by atoms with Gasteiger partial charge in [0.25, 0.3) is 5.91 Å². The van der Waals surface area contributed by atoms with Crippen LogP contribution in [0.3, 0.4) is 0 Å². The zero-order valence-electron chi connectivity index (χ0n) is 11.3. The minimum absolute atomic E-state index is 0.0434. The van der Waals surface area contributed by atoms with E-state index in [0.29, 0.717) is 5.69 Å². The highest BCUT2D eigenvalue weighted by Gasteiger charge is 2.21. The molecule has 0 spiro atoms. The second-order valence-electron chi connectivity index (χ2n) is 4.19. The molecule has 7 heteroatoms. The number of hydrogen-bond donors (Lipinski definition) is 2. The number of benzene rings is 1. The average Bonchev–Trinajstić information content (AvgIpc) is 2.48. The lowest BCUT2D eigenvalue weighted by atomic mass is 10.3. The molecule has 0 fully saturated rings. The van der Waals surface area contributed by atoms with Gasteiger partial charge in [-0.25, -0.2) is 14.8 Å². The molecular formula is C14H14N4O3. The van der Waals surface area contributed by atoms with Crippen molar-refractivity contribution >= 4 is 23.4 Å². The number of nitrogens with one attached hydrogen (secondary N) is 1. The Kier molecular flexibility index (Phi) is 4.45. The van der Waals surface area contributed by atoms with Crippen molar-refractivity contribution in [2.24, 2.45) is 0 Å². The van der Waals surface area contributed by atoms with E-state index in [0.717, 1.165) is 0 Å². The summed E-state index contributed by atoms with van der Waals surface area (Å²) in [5.74, 6) is -1.29. The normalized spacial score (nSPS) is 11.5. The van der Waals surface area contributed by atoms with Gasteiger partial charge < -0.3 is 15.8 Å². The third-order valence-electron chi connectivity index (χ3n) is 2.61. The second kappa shape index (κ2) is 6.47. The van der Waals surface area contributed by atoms with Crippen molar-refractivity contribution in [2.45, 2.75) is 13.0 Å². The molecule has 0 aliphatic heterocycles. The Labute approximate surface area is 121 Å². The number of nitrogen functional groups attached to an aromatic ring is 1. The van der Waals surface area contributed by atoms with E-state index < -0.39 is 18.0 Å². The van der Waals surface area contributed by atoms with E-state index >= 15 is 0 Å². The Morgan fingerprint density at radius 2 is 1.86 bits per heavy atom. The molecule has 2 rings (SSSR count). The van der Waals surface area contributed by atoms with Crippen molar-refractivity contribution in [3.05, 3.63) is 48.4 Å². The van der Waals surface area contributed by atoms with Gasteiger partial charge in [-0.05, 0) is 19.1 Å². The van der Waals surface area contributed by atoms with Gasteiger partial charge in [0.15, 0.2) is 17.6 Å². The lowest BCUT2D eigenvalue weighted by Crippen LogP contribution is -2.30. The topological polar surface area (TPSA) is 107 Å². The maximum absolute atomic E-state index is 11.9. The van der Waals surface area contributed by atoms with E-state index in [1.54, 1.807) is 24.3 Å². The van der Waals surface area contributed by atoms with Crippen molar-refractivity contribution in [2.75, 3.05) is 11.1 Å². The number of aromatic nitrogens is 2. The van der Waals surface area contributed by atoms with E-state index in [9.17, 15) is 9.59 Å². The maximum Gasteiger partial charge on any atom is 0.361 e. The van der Waals surface area contributed by atoms with Crippen LogP contribution in [0, 0.1) is 0 Å². The Morgan fingerprint density at radius 1 is 1.19 bits per heavy atom. The smallest absolute Gasteiger partial charge is 0.361 e. The highest BCUT2D eigenvalue weighted by Crippen LogP contribution is 2.09. The van der Waals surface area contributed by atoms with Gasteiger partial charge in [-0.15, -0.1) is 0 Å². The number of ether oxygens (including phenoxy) is 1. The molecule has 0 bridgehead atoms. The van der Waals surface area contributed by atoms with Gasteiger partial charge in [0.2, 0.25) is 0 Å². The summed E-state index contributed by atoms with van der Waals surface area (Å²) in [5, 5.41) is 2.63. The van der Waals surface area contributed by atoms with E-state index in [4.69, 9.17) is 10.5 Å². The summed E-state index contributed by atoms with van der Waals surface area (Å²) in [5.41, 5.74) is 6.02. The SMILES string of the molecule is C[C@H](OC(=O)c1nccnc1N)C(=O)Nc1ccccc1. The Balaban J connectivity index is 1.98. The summed E-state index contributed by atoms with van der Waals surface area (Å²) >= 11 is 0. The first-order valence-corrected chi connectivity index (χ1v) is 6.21. The van der Waals surface area contributed by atoms with Crippen LogP contribution in [-0.4, -0.2) is 27.9 Å². The van der Waals surface area contributed by atoms with Crippen LogP contribution in [0.15, 0.2) is 42.7 Å². The monoisotopic (exact) mass is 286 g/mol. The minimum Gasteiger partial charge on any atom is -0.448 e. The van der Waals surface area contributed by atoms with Crippen LogP contribution in [0.1, 0.15) is 17.4 Å². The lowest BCUT2D eigenvalue weighted by Gasteiger charge is -2.13. The van der Waals surface area contributed by atoms with Crippen LogP contribution in [0.5, 0.6) is 0 Å². The van der Waals surface area contributed by atoms with Crippen molar-refractivity contribution in [3.8, 4) is 0 Å². The second-order valence-corrected chi connectivity index (χ2v) is 4.19. The van der Waals surface area contributed by atoms with Crippen LogP contribution >= 0.6 is 0 Å². The summed E-state index contributed by atoms with van der Waals surface area (Å²) in [6.07, 6.45) is 1.69. The first kappa shape index (κ1) is 14.4. The molecule has 1 atom stereocenters. The van der Waals surface area contributed by atoms with Crippen LogP contribution in [0.25, 0.3) is 0 Å². The molecule has 2 aromatic rings. The lowest BCUT2D eigenvalue weighted by molar-refractivity contribution is -0.123. The van der Waals surface area contributed by atoms with E-state index in [1.807, 2.05) is 6.07 Å². The quantitative estimate of drug-likeness (QED) is 0.819. The third kappa shape index (κ3) is 3.75. The van der Waals surface area contributed by atoms with Gasteiger partial charge in [0, 0.05) is 18.1 Å². The number of hydrogen-bond acceptors (Lipinski definition) is 6. The molecule has 0 aliphatic rings. The summed E-state index contributed by atoms with van der Waals surface area (Å²) < 4.78 is 5.02. The van der Waals surface area contributed by atoms with Gasteiger partial charge in [0.05, 0.1) is 0 Å². The van der Waals surface area contributed by atoms with Crippen molar-refractivity contribution in [1.82, 2.24) is 9.97 Å². The highest BCUT2D eigenvalue weighted by atomic mass is 16.5. The molecular weight excluding hydrogens is 272 g/mol. The molecule has 1 aromatic heterocycles. The maximum atomic E-state index is 11.9. The number of carbonyl (C=O) groups excluding carboxylic acids is 2. The molecule has 0 unspecified atom stereocenters. The minimum atomic E-state index is -0.987. The van der Waals surface area contributed by atoms with E-state index in [1.165, 1.54) is 19.3 Å². The molecule has 1 heterocycles. The standard InChI is InChI=1S/C14H14N4O3/c1-9(13(19)18-10-5-3-2-4-6-10)21-14(20)11-12(15)17-8-7-16-11/h2-9H,1H3,(H2,15,17)(H,18,19)/t9-/m0/s1. The van der Waals surface area contributed by atoms with Crippen LogP contribution < -0.4 is 11.1 Å². The molecule has 3 N–H and O–H groups in total. The van der Waals surface area contributed by atoms with Gasteiger partial charge in [-0.3, -0.25) is 4.79 Å². The molecule has 1 amide bonds. The summed E-state index contributed by atoms with van der Waals surface area (Å²) in [6, 6.07) is 8.86. The number of nitrogens with two attached hydrogens (primary N) is 1. The van der Waals surface area contributed by atoms with Gasteiger partial charge in [0.1, 0.15) is 0 Å². The van der Waals surface area contributed by atoms with Crippen molar-refractivity contribution in [1.29, 1.82) is 0 Å². The first-order chi connectivity index (χ1) is 10.1. The number of nitrogens with zero attached hydrogens (tertiary/aromatic N) is 2. The van der Waals surface area contributed by atoms with Crippen LogP contribution in [0.4, 0.5) is 11.5 Å². The molecule has 7 nitrogen and oxygen atoms in total. The predicted molar refractivity (Wildman–Crippen MR) is 76.4 cm³/mol. The van der Waals surface area contributed by atoms with E-state index in [2.05, 4.69) is 15.3 Å². The number of anilines is 2. The zero-order chi connectivity index (χ0) is 15.2. The molecule has 0 aliphatic carbocycles. The van der Waals surface area contributed by atoms with Gasteiger partial charge in [-0.1, -0.05) is 18.2 Å². The predicted octanol–water partition coefficient (Wildman–Crippen LogP) is 1.24. The Bertz CT molecular complexity index is 646. The summed E-state index contributed by atoms with van der Waals surface area (Å²) in [4.78, 5) is 31.3. The Morgan fingerprint density at radius 3 is 2.52 bits per heavy atom. The highest BCUT2D eigenvalue weighted by molar-refractivity contribution is 5.97. The van der Waals surface area contributed by atoms with Crippen molar-refractivity contribution < 1.29 is 14.3 Å². The van der Waals surface area contributed by atoms with Crippen LogP contribution in [0.2, 0.25) is 0 Å². The zero-order valence-corrected chi connectivity index (χ0v) is 11.3. The first-order valence-electron chi connectivity index (χ1n) is 6.21. The number of esters is 1. The largest absolute Gasteiger partial charge is 0.448 e. The van der Waals surface area contributed by atoms with Gasteiger partial charge >= 0.3 is 5.97 Å². The number of para-hydroxylation sites is 1. The molecule has 1 aromatic carbocycles. The van der Waals surface area contributed by atoms with Crippen molar-refractivity contribution in [3.63, 3.8) is 0 Å². The molecule has 0 saturated heterocycles. The molecule has 0 radical (unpaired) electrons. The Hall–Kier alpha value is -2.96. The number of carbonyl (C=O) groups is 2. The number of rotatable bonds is 4. The van der Waals surface area contributed by atoms with Crippen LogP contribution in [-0.2, 0) is 9.53 Å². The fraction of sp³-hybridized carbons (Fsp3) is 0.143. The molecule has 108 valence electrons. The van der Waals surface area contributed by atoms with E-state index in [-0.39, 0.29) is 11.5 Å². The number of amides is 1. The molecule has 0 saturated carbocycles. The fourth-order valence-electron chi connectivity index (χ4n) is 1.54. The summed E-state index contributed by atoms with van der Waals surface area (Å²) in [7, 11) is 0. The average molecular weight is 286 g/mol. The molecule has 21 heavy (non-hydrogen) atoms.